The summed E-state index contributed by atoms with van der Waals surface area (Å²) in [6.07, 6.45) is 5.52. The number of nitrogens with zero attached hydrogens (tertiary/aromatic N) is 4. The average molecular weight is 795 g/mol. The predicted octanol–water partition coefficient (Wildman–Crippen LogP) is 6.99. The fourth-order valence-corrected chi connectivity index (χ4v) is 8.52. The van der Waals surface area contributed by atoms with Crippen LogP contribution in [-0.4, -0.2) is 93.1 Å². The lowest BCUT2D eigenvalue weighted by molar-refractivity contribution is -0.136. The summed E-state index contributed by atoms with van der Waals surface area (Å²) in [6, 6.07) is 10.4. The van der Waals surface area contributed by atoms with Crippen LogP contribution < -0.4 is 15.4 Å². The summed E-state index contributed by atoms with van der Waals surface area (Å²) in [5.41, 5.74) is 5.16. The fraction of sp³-hybridized carbons (Fsp3) is 0.488. The van der Waals surface area contributed by atoms with E-state index in [9.17, 15) is 19.2 Å². The maximum Gasteiger partial charge on any atom is 0.407 e. The molecule has 308 valence electrons. The first-order valence-electron chi connectivity index (χ1n) is 20.1. The molecule has 4 aromatic rings. The van der Waals surface area contributed by atoms with Crippen LogP contribution in [0.2, 0.25) is 0 Å². The highest BCUT2D eigenvalue weighted by Crippen LogP contribution is 2.50. The number of likely N-dealkylation sites (tertiary alicyclic amines) is 2. The highest BCUT2D eigenvalue weighted by atomic mass is 16.5. The number of nitrogens with one attached hydrogen (secondary N) is 4. The number of aromatic amines is 2. The van der Waals surface area contributed by atoms with E-state index in [1.54, 1.807) is 11.1 Å². The minimum absolute atomic E-state index is 0.120. The molecule has 15 nitrogen and oxygen atoms in total. The monoisotopic (exact) mass is 794 g/mol. The summed E-state index contributed by atoms with van der Waals surface area (Å²) in [6.45, 7) is 13.1. The Morgan fingerprint density at radius 2 is 1.21 bits per heavy atom. The zero-order valence-corrected chi connectivity index (χ0v) is 34.5. The number of hydrogen-bond acceptors (Lipinski definition) is 9. The van der Waals surface area contributed by atoms with Gasteiger partial charge in [-0.05, 0) is 61.8 Å². The number of benzene rings is 2. The molecule has 2 fully saturated rings. The summed E-state index contributed by atoms with van der Waals surface area (Å²) in [5, 5.41) is 5.41. The first-order chi connectivity index (χ1) is 27.7. The van der Waals surface area contributed by atoms with Crippen molar-refractivity contribution < 1.29 is 33.4 Å². The van der Waals surface area contributed by atoms with Gasteiger partial charge in [-0.2, -0.15) is 0 Å². The molecule has 0 spiro atoms. The highest BCUT2D eigenvalue weighted by Gasteiger charge is 2.40. The van der Waals surface area contributed by atoms with Crippen LogP contribution in [0.4, 0.5) is 9.59 Å². The minimum atomic E-state index is -0.707. The molecule has 0 radical (unpaired) electrons. The van der Waals surface area contributed by atoms with Crippen molar-refractivity contribution in [3.63, 3.8) is 0 Å². The van der Waals surface area contributed by atoms with Gasteiger partial charge in [-0.3, -0.25) is 9.59 Å². The van der Waals surface area contributed by atoms with Gasteiger partial charge < -0.3 is 44.6 Å². The maximum absolute atomic E-state index is 13.7. The smallest absolute Gasteiger partial charge is 0.407 e. The van der Waals surface area contributed by atoms with Gasteiger partial charge in [-0.15, -0.1) is 0 Å². The Hall–Kier alpha value is -5.86. The minimum Gasteiger partial charge on any atom is -0.457 e. The van der Waals surface area contributed by atoms with Crippen LogP contribution in [0.25, 0.3) is 22.5 Å². The molecule has 2 saturated heterocycles. The largest absolute Gasteiger partial charge is 0.457 e. The van der Waals surface area contributed by atoms with E-state index in [0.29, 0.717) is 24.7 Å². The SMILES string of the molecule is COC(=O)N[C@H](C(=O)N1CCCC1c1ncc(-c2ccc3c(c2)Oc2ccc(-c4cnc(C5CCCN5C(=O)[C@@H](NC(=O)OC)C(C)C)[nH]4)cc2C3(C)C)[nH]1)C(C)C. The number of ether oxygens (including phenoxy) is 3. The number of carbonyl (C=O) groups is 4. The fourth-order valence-electron chi connectivity index (χ4n) is 8.52. The van der Waals surface area contributed by atoms with Crippen molar-refractivity contribution in [1.82, 2.24) is 40.4 Å². The molecular weight excluding hydrogens is 741 g/mol. The van der Waals surface area contributed by atoms with E-state index >= 15 is 0 Å². The number of methoxy groups -OCH3 is 2. The van der Waals surface area contributed by atoms with Gasteiger partial charge in [0.2, 0.25) is 11.8 Å². The average Bonchev–Trinajstić information content (AvgIpc) is 4.05. The second-order valence-corrected chi connectivity index (χ2v) is 16.6. The van der Waals surface area contributed by atoms with E-state index in [-0.39, 0.29) is 35.7 Å². The van der Waals surface area contributed by atoms with Gasteiger partial charge >= 0.3 is 12.2 Å². The van der Waals surface area contributed by atoms with Crippen molar-refractivity contribution in [1.29, 1.82) is 0 Å². The molecule has 2 aromatic heterocycles. The predicted molar refractivity (Wildman–Crippen MR) is 216 cm³/mol. The van der Waals surface area contributed by atoms with E-state index in [1.165, 1.54) is 14.2 Å². The first-order valence-corrected chi connectivity index (χ1v) is 20.1. The number of H-pyrrole nitrogens is 2. The van der Waals surface area contributed by atoms with E-state index in [2.05, 4.69) is 52.6 Å². The van der Waals surface area contributed by atoms with Crippen LogP contribution in [0.3, 0.4) is 0 Å². The van der Waals surface area contributed by atoms with Crippen LogP contribution >= 0.6 is 0 Å². The van der Waals surface area contributed by atoms with Crippen LogP contribution in [0.5, 0.6) is 11.5 Å². The lowest BCUT2D eigenvalue weighted by Crippen LogP contribution is -2.51. The van der Waals surface area contributed by atoms with Crippen LogP contribution in [0, 0.1) is 11.8 Å². The third-order valence-electron chi connectivity index (χ3n) is 11.8. The Morgan fingerprint density at radius 1 is 0.724 bits per heavy atom. The summed E-state index contributed by atoms with van der Waals surface area (Å²) >= 11 is 0. The van der Waals surface area contributed by atoms with E-state index < -0.39 is 29.7 Å². The van der Waals surface area contributed by atoms with Crippen molar-refractivity contribution in [2.24, 2.45) is 11.8 Å². The van der Waals surface area contributed by atoms with Crippen molar-refractivity contribution >= 4 is 24.0 Å². The van der Waals surface area contributed by atoms with Crippen molar-refractivity contribution in [3.8, 4) is 34.0 Å². The molecule has 3 aliphatic rings. The zero-order chi connectivity index (χ0) is 41.5. The van der Waals surface area contributed by atoms with Gasteiger partial charge in [-0.25, -0.2) is 19.6 Å². The number of carbonyl (C=O) groups excluding carboxylic acids is 4. The van der Waals surface area contributed by atoms with Gasteiger partial charge in [-0.1, -0.05) is 53.7 Å². The first kappa shape index (κ1) is 40.3. The maximum atomic E-state index is 13.7. The van der Waals surface area contributed by atoms with Crippen LogP contribution in [-0.2, 0) is 24.5 Å². The lowest BCUT2D eigenvalue weighted by atomic mass is 9.75. The number of imidazole rings is 2. The molecule has 7 rings (SSSR count). The number of rotatable bonds is 10. The Labute approximate surface area is 338 Å². The lowest BCUT2D eigenvalue weighted by Gasteiger charge is -2.35. The van der Waals surface area contributed by atoms with Crippen LogP contribution in [0.1, 0.15) is 102 Å². The quantitative estimate of drug-likeness (QED) is 0.131. The molecule has 0 aliphatic carbocycles. The Bertz CT molecular complexity index is 2190. The number of amides is 4. The number of alkyl carbamates (subject to hydrolysis) is 2. The summed E-state index contributed by atoms with van der Waals surface area (Å²) in [4.78, 5) is 71.4. The van der Waals surface area contributed by atoms with Gasteiger partial charge in [0.15, 0.2) is 0 Å². The standard InChI is InChI=1S/C43H54N8O7/c1-23(2)35(48-41(54)56-7)39(52)50-17-9-11-31(50)37-44-21-29(46-37)25-14-16-33-28(19-25)43(5,6)27-15-13-26(20-34(27)58-33)30-22-45-38(47-30)32-12-10-18-51(32)40(53)36(24(3)4)49-42(55)57-8/h13-16,19-24,31-32,35-36H,9-12,17-18H2,1-8H3,(H,44,46)(H,45,47)(H,48,54)(H,49,55)/t31?,32?,35-,36-/m0/s1. The number of fused-ring (bicyclic) bond motifs is 2. The molecular formula is C43H54N8O7. The molecule has 15 heteroatoms. The van der Waals surface area contributed by atoms with Gasteiger partial charge in [0.25, 0.3) is 0 Å². The molecule has 4 atom stereocenters. The molecule has 58 heavy (non-hydrogen) atoms. The second kappa shape index (κ2) is 16.2. The van der Waals surface area contributed by atoms with E-state index in [0.717, 1.165) is 70.8 Å². The van der Waals surface area contributed by atoms with Crippen molar-refractivity contribution in [3.05, 3.63) is 71.6 Å². The number of hydrogen-bond donors (Lipinski definition) is 4. The Morgan fingerprint density at radius 3 is 1.69 bits per heavy atom. The molecule has 2 unspecified atom stereocenters. The Balaban J connectivity index is 1.08. The summed E-state index contributed by atoms with van der Waals surface area (Å²) < 4.78 is 16.1. The van der Waals surface area contributed by atoms with Gasteiger partial charge in [0.1, 0.15) is 35.2 Å². The third kappa shape index (κ3) is 7.61. The topological polar surface area (TPSA) is 184 Å². The molecule has 4 amide bonds. The molecule has 0 saturated carbocycles. The molecule has 3 aliphatic heterocycles. The summed E-state index contributed by atoms with van der Waals surface area (Å²) in [7, 11) is 2.58. The second-order valence-electron chi connectivity index (χ2n) is 16.6. The Kier molecular flexibility index (Phi) is 11.3. The van der Waals surface area contributed by atoms with E-state index in [4.69, 9.17) is 24.2 Å². The summed E-state index contributed by atoms with van der Waals surface area (Å²) in [5.74, 6) is 2.37. The van der Waals surface area contributed by atoms with Crippen molar-refractivity contribution in [2.75, 3.05) is 27.3 Å². The molecule has 0 bridgehead atoms. The molecule has 5 heterocycles. The zero-order valence-electron chi connectivity index (χ0n) is 34.5. The normalized spacial score (nSPS) is 19.3. The molecule has 2 aromatic carbocycles. The third-order valence-corrected chi connectivity index (χ3v) is 11.8. The van der Waals surface area contributed by atoms with Gasteiger partial charge in [0.05, 0.1) is 50.1 Å². The number of aromatic nitrogens is 4. The molecule has 4 N–H and O–H groups in total. The van der Waals surface area contributed by atoms with E-state index in [1.807, 2.05) is 57.0 Å². The van der Waals surface area contributed by atoms with Crippen molar-refractivity contribution in [2.45, 2.75) is 96.8 Å². The van der Waals surface area contributed by atoms with Crippen LogP contribution in [0.15, 0.2) is 48.8 Å². The van der Waals surface area contributed by atoms with Gasteiger partial charge in [0, 0.05) is 40.8 Å². The highest BCUT2D eigenvalue weighted by molar-refractivity contribution is 5.87.